The van der Waals surface area contributed by atoms with Crippen molar-refractivity contribution < 1.29 is 8.42 Å². The molecule has 0 spiro atoms. The summed E-state index contributed by atoms with van der Waals surface area (Å²) in [4.78, 5) is 4.75. The van der Waals surface area contributed by atoms with E-state index in [4.69, 9.17) is 10.7 Å². The fourth-order valence-corrected chi connectivity index (χ4v) is 5.03. The standard InChI is InChI=1S/C15H19N3O2S/c16-11-5-6-14-13(8-11)17-15(10-3-4-10)18(14)12-2-1-7-21(19,20)9-12/h5-6,8,10,12H,1-4,7,9,16H2. The van der Waals surface area contributed by atoms with E-state index in [0.29, 0.717) is 17.4 Å². The number of rotatable bonds is 2. The number of sulfone groups is 1. The average molecular weight is 305 g/mol. The largest absolute Gasteiger partial charge is 0.399 e. The highest BCUT2D eigenvalue weighted by molar-refractivity contribution is 7.91. The van der Waals surface area contributed by atoms with E-state index in [1.807, 2.05) is 18.2 Å². The lowest BCUT2D eigenvalue weighted by Gasteiger charge is -2.25. The van der Waals surface area contributed by atoms with E-state index in [-0.39, 0.29) is 11.8 Å². The van der Waals surface area contributed by atoms with E-state index in [0.717, 1.165) is 42.5 Å². The Morgan fingerprint density at radius 2 is 2.05 bits per heavy atom. The molecule has 1 aromatic carbocycles. The summed E-state index contributed by atoms with van der Waals surface area (Å²) >= 11 is 0. The van der Waals surface area contributed by atoms with Gasteiger partial charge in [-0.05, 0) is 43.9 Å². The molecular formula is C15H19N3O2S. The molecule has 0 radical (unpaired) electrons. The maximum Gasteiger partial charge on any atom is 0.152 e. The third-order valence-corrected chi connectivity index (χ3v) is 6.29. The maximum atomic E-state index is 12.0. The highest BCUT2D eigenvalue weighted by atomic mass is 32.2. The first-order chi connectivity index (χ1) is 10.0. The molecule has 0 bridgehead atoms. The minimum Gasteiger partial charge on any atom is -0.399 e. The molecule has 112 valence electrons. The smallest absolute Gasteiger partial charge is 0.152 e. The molecule has 2 heterocycles. The highest BCUT2D eigenvalue weighted by Gasteiger charge is 2.34. The van der Waals surface area contributed by atoms with Gasteiger partial charge in [0.15, 0.2) is 9.84 Å². The van der Waals surface area contributed by atoms with Crippen LogP contribution in [0.3, 0.4) is 0 Å². The minimum atomic E-state index is -2.93. The Morgan fingerprint density at radius 1 is 1.24 bits per heavy atom. The number of nitrogens with two attached hydrogens (primary N) is 1. The van der Waals surface area contributed by atoms with Crippen molar-refractivity contribution in [2.45, 2.75) is 37.6 Å². The number of nitrogens with zero attached hydrogens (tertiary/aromatic N) is 2. The zero-order valence-electron chi connectivity index (χ0n) is 11.8. The Balaban J connectivity index is 1.87. The van der Waals surface area contributed by atoms with Crippen molar-refractivity contribution in [2.24, 2.45) is 0 Å². The maximum absolute atomic E-state index is 12.0. The molecule has 2 fully saturated rings. The lowest BCUT2D eigenvalue weighted by molar-refractivity contribution is 0.467. The van der Waals surface area contributed by atoms with Gasteiger partial charge in [-0.3, -0.25) is 0 Å². The van der Waals surface area contributed by atoms with Crippen molar-refractivity contribution in [1.82, 2.24) is 9.55 Å². The minimum absolute atomic E-state index is 0.0213. The van der Waals surface area contributed by atoms with Gasteiger partial charge in [0.05, 0.1) is 22.5 Å². The Morgan fingerprint density at radius 3 is 2.76 bits per heavy atom. The Kier molecular flexibility index (Phi) is 2.79. The number of fused-ring (bicyclic) bond motifs is 1. The molecule has 0 amide bonds. The summed E-state index contributed by atoms with van der Waals surface area (Å²) in [6.45, 7) is 0. The van der Waals surface area contributed by atoms with Crippen LogP contribution < -0.4 is 5.73 Å². The molecule has 1 aliphatic carbocycles. The van der Waals surface area contributed by atoms with E-state index in [2.05, 4.69) is 4.57 Å². The van der Waals surface area contributed by atoms with Crippen molar-refractivity contribution in [1.29, 1.82) is 0 Å². The van der Waals surface area contributed by atoms with Crippen LogP contribution in [0.5, 0.6) is 0 Å². The normalized spacial score (nSPS) is 25.2. The van der Waals surface area contributed by atoms with E-state index < -0.39 is 9.84 Å². The molecule has 4 rings (SSSR count). The lowest BCUT2D eigenvalue weighted by atomic mass is 10.1. The molecule has 1 aromatic heterocycles. The van der Waals surface area contributed by atoms with Gasteiger partial charge in [-0.15, -0.1) is 0 Å². The van der Waals surface area contributed by atoms with E-state index in [9.17, 15) is 8.42 Å². The van der Waals surface area contributed by atoms with Gasteiger partial charge in [-0.25, -0.2) is 13.4 Å². The van der Waals surface area contributed by atoms with Gasteiger partial charge in [-0.2, -0.15) is 0 Å². The number of nitrogen functional groups attached to an aromatic ring is 1. The molecule has 1 saturated heterocycles. The number of anilines is 1. The predicted molar refractivity (Wildman–Crippen MR) is 83.0 cm³/mol. The third-order valence-electron chi connectivity index (χ3n) is 4.49. The second-order valence-electron chi connectivity index (χ2n) is 6.27. The quantitative estimate of drug-likeness (QED) is 0.863. The van der Waals surface area contributed by atoms with Gasteiger partial charge in [0.1, 0.15) is 5.82 Å². The molecule has 1 aliphatic heterocycles. The summed E-state index contributed by atoms with van der Waals surface area (Å²) in [5, 5.41) is 0. The Labute approximate surface area is 124 Å². The second-order valence-corrected chi connectivity index (χ2v) is 8.50. The van der Waals surface area contributed by atoms with Crippen molar-refractivity contribution in [3.05, 3.63) is 24.0 Å². The van der Waals surface area contributed by atoms with Crippen molar-refractivity contribution in [2.75, 3.05) is 17.2 Å². The fraction of sp³-hybridized carbons (Fsp3) is 0.533. The molecule has 5 nitrogen and oxygen atoms in total. The summed E-state index contributed by atoms with van der Waals surface area (Å²) in [6, 6.07) is 5.75. The van der Waals surface area contributed by atoms with Crippen LogP contribution in [-0.4, -0.2) is 29.5 Å². The highest BCUT2D eigenvalue weighted by Crippen LogP contribution is 2.43. The fourth-order valence-electron chi connectivity index (χ4n) is 3.35. The molecule has 2 aliphatic rings. The summed E-state index contributed by atoms with van der Waals surface area (Å²) in [6.07, 6.45) is 3.96. The van der Waals surface area contributed by atoms with Crippen molar-refractivity contribution in [3.63, 3.8) is 0 Å². The van der Waals surface area contributed by atoms with Crippen LogP contribution in [0.15, 0.2) is 18.2 Å². The molecule has 1 atom stereocenters. The zero-order chi connectivity index (χ0) is 14.6. The molecule has 6 heteroatoms. The number of hydrogen-bond acceptors (Lipinski definition) is 4. The molecule has 1 saturated carbocycles. The molecule has 2 aromatic rings. The topological polar surface area (TPSA) is 78.0 Å². The Bertz CT molecular complexity index is 806. The van der Waals surface area contributed by atoms with Crippen LogP contribution in [0.1, 0.15) is 43.5 Å². The number of benzene rings is 1. The molecule has 1 unspecified atom stereocenters. The SMILES string of the molecule is Nc1ccc2c(c1)nc(C1CC1)n2C1CCCS(=O)(=O)C1. The van der Waals surface area contributed by atoms with Gasteiger partial charge < -0.3 is 10.3 Å². The van der Waals surface area contributed by atoms with E-state index in [1.54, 1.807) is 0 Å². The lowest BCUT2D eigenvalue weighted by Crippen LogP contribution is -2.28. The zero-order valence-corrected chi connectivity index (χ0v) is 12.6. The van der Waals surface area contributed by atoms with E-state index >= 15 is 0 Å². The van der Waals surface area contributed by atoms with Crippen LogP contribution in [0.25, 0.3) is 11.0 Å². The number of imidazole rings is 1. The van der Waals surface area contributed by atoms with E-state index in [1.165, 1.54) is 0 Å². The first-order valence-electron chi connectivity index (χ1n) is 7.51. The molecule has 2 N–H and O–H groups in total. The number of aromatic nitrogens is 2. The van der Waals surface area contributed by atoms with Gasteiger partial charge in [0.25, 0.3) is 0 Å². The van der Waals surface area contributed by atoms with Crippen LogP contribution >= 0.6 is 0 Å². The van der Waals surface area contributed by atoms with Crippen LogP contribution in [0.4, 0.5) is 5.69 Å². The van der Waals surface area contributed by atoms with Gasteiger partial charge >= 0.3 is 0 Å². The second kappa shape index (κ2) is 4.47. The van der Waals surface area contributed by atoms with Crippen LogP contribution in [0.2, 0.25) is 0 Å². The first kappa shape index (κ1) is 13.1. The van der Waals surface area contributed by atoms with Crippen molar-refractivity contribution in [3.8, 4) is 0 Å². The Hall–Kier alpha value is -1.56. The van der Waals surface area contributed by atoms with Gasteiger partial charge in [-0.1, -0.05) is 0 Å². The summed E-state index contributed by atoms with van der Waals surface area (Å²) in [7, 11) is -2.93. The van der Waals surface area contributed by atoms with Crippen LogP contribution in [-0.2, 0) is 9.84 Å². The summed E-state index contributed by atoms with van der Waals surface area (Å²) in [5.41, 5.74) is 8.46. The average Bonchev–Trinajstić information content (AvgIpc) is 3.18. The van der Waals surface area contributed by atoms with Gasteiger partial charge in [0, 0.05) is 17.6 Å². The van der Waals surface area contributed by atoms with Gasteiger partial charge in [0.2, 0.25) is 0 Å². The first-order valence-corrected chi connectivity index (χ1v) is 9.33. The molecule has 21 heavy (non-hydrogen) atoms. The third kappa shape index (κ3) is 2.31. The summed E-state index contributed by atoms with van der Waals surface area (Å²) < 4.78 is 26.2. The monoisotopic (exact) mass is 305 g/mol. The van der Waals surface area contributed by atoms with Crippen molar-refractivity contribution >= 4 is 26.6 Å². The molecular weight excluding hydrogens is 286 g/mol. The number of hydrogen-bond donors (Lipinski definition) is 1. The predicted octanol–water partition coefficient (Wildman–Crippen LogP) is 2.25. The van der Waals surface area contributed by atoms with Crippen LogP contribution in [0, 0.1) is 0 Å². The summed E-state index contributed by atoms with van der Waals surface area (Å²) in [5.74, 6) is 2.10.